The molecule has 7 heteroatoms. The molecule has 0 bridgehead atoms. The normalized spacial score (nSPS) is 15.1. The second-order valence-corrected chi connectivity index (χ2v) is 12.2. The van der Waals surface area contributed by atoms with E-state index in [1.165, 1.54) is 44.9 Å². The first-order chi connectivity index (χ1) is 22.8. The van der Waals surface area contributed by atoms with Crippen molar-refractivity contribution in [2.75, 3.05) is 13.2 Å². The first-order valence-corrected chi connectivity index (χ1v) is 18.1. The van der Waals surface area contributed by atoms with Crippen LogP contribution in [0.2, 0.25) is 0 Å². The summed E-state index contributed by atoms with van der Waals surface area (Å²) in [6.07, 6.45) is 36.1. The third-order valence-electron chi connectivity index (χ3n) is 7.73. The van der Waals surface area contributed by atoms with Crippen LogP contribution in [-0.4, -0.2) is 58.8 Å². The number of esters is 2. The molecular formula is C40H66O7. The second kappa shape index (κ2) is 33.2. The van der Waals surface area contributed by atoms with Crippen LogP contribution in [0.1, 0.15) is 130 Å². The molecule has 0 aliphatic heterocycles. The lowest BCUT2D eigenvalue weighted by Gasteiger charge is -2.15. The Morgan fingerprint density at radius 3 is 2.00 bits per heavy atom. The third kappa shape index (κ3) is 31.6. The summed E-state index contributed by atoms with van der Waals surface area (Å²) < 4.78 is 10.5. The lowest BCUT2D eigenvalue weighted by atomic mass is 9.99. The van der Waals surface area contributed by atoms with Gasteiger partial charge in [-0.2, -0.15) is 0 Å². The van der Waals surface area contributed by atoms with Gasteiger partial charge in [0.05, 0.1) is 18.8 Å². The van der Waals surface area contributed by atoms with Crippen molar-refractivity contribution in [2.24, 2.45) is 5.92 Å². The van der Waals surface area contributed by atoms with E-state index in [0.717, 1.165) is 38.0 Å². The first-order valence-electron chi connectivity index (χ1n) is 18.1. The highest BCUT2D eigenvalue weighted by molar-refractivity contribution is 5.70. The van der Waals surface area contributed by atoms with Gasteiger partial charge < -0.3 is 24.8 Å². The average molecular weight is 659 g/mol. The van der Waals surface area contributed by atoms with E-state index in [0.29, 0.717) is 25.7 Å². The summed E-state index contributed by atoms with van der Waals surface area (Å²) in [5, 5.41) is 29.3. The maximum atomic E-state index is 12.1. The second-order valence-electron chi connectivity index (χ2n) is 12.2. The van der Waals surface area contributed by atoms with Gasteiger partial charge in [-0.15, -0.1) is 0 Å². The van der Waals surface area contributed by atoms with Crippen LogP contribution in [-0.2, 0) is 19.1 Å². The zero-order valence-corrected chi connectivity index (χ0v) is 29.6. The van der Waals surface area contributed by atoms with E-state index in [-0.39, 0.29) is 19.0 Å². The molecule has 0 aromatic heterocycles. The number of hydrogen-bond acceptors (Lipinski definition) is 7. The number of aliphatic hydroxyl groups excluding tert-OH is 3. The molecule has 0 saturated carbocycles. The van der Waals surface area contributed by atoms with E-state index in [2.05, 4.69) is 20.8 Å². The predicted octanol–water partition coefficient (Wildman–Crippen LogP) is 8.80. The fourth-order valence-corrected chi connectivity index (χ4v) is 4.56. The zero-order chi connectivity index (χ0) is 34.8. The van der Waals surface area contributed by atoms with Gasteiger partial charge in [-0.25, -0.2) is 0 Å². The molecule has 0 fully saturated rings. The molecular weight excluding hydrogens is 592 g/mol. The Morgan fingerprint density at radius 1 is 0.702 bits per heavy atom. The number of aliphatic hydroxyl groups is 3. The molecule has 0 saturated heterocycles. The number of rotatable bonds is 30. The summed E-state index contributed by atoms with van der Waals surface area (Å²) in [6.45, 7) is 6.09. The minimum Gasteiger partial charge on any atom is -0.462 e. The van der Waals surface area contributed by atoms with E-state index in [9.17, 15) is 24.9 Å². The Kier molecular flexibility index (Phi) is 31.2. The molecule has 0 aliphatic carbocycles. The molecule has 0 aromatic rings. The first kappa shape index (κ1) is 44.3. The van der Waals surface area contributed by atoms with Crippen molar-refractivity contribution >= 4 is 11.9 Å². The maximum Gasteiger partial charge on any atom is 0.306 e. The van der Waals surface area contributed by atoms with Gasteiger partial charge >= 0.3 is 11.9 Å². The minimum absolute atomic E-state index is 0.155. The van der Waals surface area contributed by atoms with Crippen LogP contribution in [0.3, 0.4) is 0 Å². The number of unbranched alkanes of at least 4 members (excludes halogenated alkanes) is 8. The van der Waals surface area contributed by atoms with Crippen LogP contribution in [0.25, 0.3) is 0 Å². The van der Waals surface area contributed by atoms with Crippen molar-refractivity contribution in [3.8, 4) is 0 Å². The summed E-state index contributed by atoms with van der Waals surface area (Å²) in [5.41, 5.74) is 0. The quantitative estimate of drug-likeness (QED) is 0.0306. The largest absolute Gasteiger partial charge is 0.462 e. The monoisotopic (exact) mass is 658 g/mol. The van der Waals surface area contributed by atoms with Crippen molar-refractivity contribution in [3.63, 3.8) is 0 Å². The van der Waals surface area contributed by atoms with Gasteiger partial charge in [-0.1, -0.05) is 151 Å². The van der Waals surface area contributed by atoms with Crippen LogP contribution in [0.5, 0.6) is 0 Å². The Balaban J connectivity index is 3.92. The summed E-state index contributed by atoms with van der Waals surface area (Å²) in [4.78, 5) is 24.2. The Labute approximate surface area is 286 Å². The molecule has 7 nitrogen and oxygen atoms in total. The third-order valence-corrected chi connectivity index (χ3v) is 7.73. The van der Waals surface area contributed by atoms with E-state index in [4.69, 9.17) is 9.47 Å². The molecule has 3 N–H and O–H groups in total. The highest BCUT2D eigenvalue weighted by Gasteiger charge is 2.16. The average Bonchev–Trinajstić information content (AvgIpc) is 3.06. The number of carbonyl (C=O) groups is 2. The van der Waals surface area contributed by atoms with Gasteiger partial charge in [-0.05, 0) is 44.4 Å². The predicted molar refractivity (Wildman–Crippen MR) is 194 cm³/mol. The smallest absolute Gasteiger partial charge is 0.306 e. The number of allylic oxidation sites excluding steroid dienone is 8. The van der Waals surface area contributed by atoms with Crippen molar-refractivity contribution in [1.29, 1.82) is 0 Å². The van der Waals surface area contributed by atoms with Crippen LogP contribution in [0.4, 0.5) is 0 Å². The van der Waals surface area contributed by atoms with Crippen LogP contribution in [0.15, 0.2) is 72.9 Å². The maximum absolute atomic E-state index is 12.1. The van der Waals surface area contributed by atoms with E-state index < -0.39 is 30.9 Å². The van der Waals surface area contributed by atoms with Crippen molar-refractivity contribution < 1.29 is 34.4 Å². The minimum atomic E-state index is -0.845. The summed E-state index contributed by atoms with van der Waals surface area (Å²) in [6, 6.07) is 0. The lowest BCUT2D eigenvalue weighted by Crippen LogP contribution is -2.28. The number of carbonyl (C=O) groups excluding carboxylic acids is 2. The van der Waals surface area contributed by atoms with Crippen LogP contribution >= 0.6 is 0 Å². The molecule has 0 aromatic carbocycles. The molecule has 0 radical (unpaired) electrons. The molecule has 268 valence electrons. The molecule has 0 spiro atoms. The zero-order valence-electron chi connectivity index (χ0n) is 29.6. The standard InChI is InChI=1S/C40H66O7/c1-4-6-19-27-36(42)28-21-15-11-9-12-16-22-29-37(43)30-23-18-25-31-39(44)46-34-38(33-41)47-40(45)32-24-17-13-8-7-10-14-20-26-35(3)5-2/h6,11-12,15-16,19,21-23,28-30,35-38,41-43H,4-5,7-10,13-14,17-18,20,24-27,31-34H2,1-3H3/b15-11-,16-12-,19-6-,28-21+,29-22+,30-23-/t35?,36-,37-,38+/m1/s1. The van der Waals surface area contributed by atoms with E-state index in [1.807, 2.05) is 48.6 Å². The van der Waals surface area contributed by atoms with Gasteiger partial charge in [-0.3, -0.25) is 9.59 Å². The van der Waals surface area contributed by atoms with E-state index >= 15 is 0 Å². The SMILES string of the molecule is CC/C=C\C[C@@H](O)/C=C/C=C\C/C=C\C=C\[C@@H](O)/C=C\CCCC(=O)OC[C@H](CO)OC(=O)CCCCCCCCCCC(C)CC. The Morgan fingerprint density at radius 2 is 1.34 bits per heavy atom. The molecule has 0 amide bonds. The topological polar surface area (TPSA) is 113 Å². The van der Waals surface area contributed by atoms with Crippen LogP contribution in [0, 0.1) is 5.92 Å². The fourth-order valence-electron chi connectivity index (χ4n) is 4.56. The van der Waals surface area contributed by atoms with Gasteiger partial charge in [0.1, 0.15) is 6.61 Å². The van der Waals surface area contributed by atoms with Crippen molar-refractivity contribution in [1.82, 2.24) is 0 Å². The molecule has 4 atom stereocenters. The lowest BCUT2D eigenvalue weighted by molar-refractivity contribution is -0.161. The highest BCUT2D eigenvalue weighted by Crippen LogP contribution is 2.15. The number of ether oxygens (including phenoxy) is 2. The van der Waals surface area contributed by atoms with Gasteiger partial charge in [0.25, 0.3) is 0 Å². The fraction of sp³-hybridized carbons (Fsp3) is 0.650. The molecule has 0 rings (SSSR count). The molecule has 0 aliphatic rings. The van der Waals surface area contributed by atoms with Gasteiger partial charge in [0, 0.05) is 12.8 Å². The van der Waals surface area contributed by atoms with Crippen molar-refractivity contribution in [3.05, 3.63) is 72.9 Å². The Hall–Kier alpha value is -2.74. The summed E-state index contributed by atoms with van der Waals surface area (Å²) in [5.74, 6) is 0.0540. The van der Waals surface area contributed by atoms with E-state index in [1.54, 1.807) is 24.3 Å². The summed E-state index contributed by atoms with van der Waals surface area (Å²) in [7, 11) is 0. The Bertz CT molecular complexity index is 931. The molecule has 0 heterocycles. The summed E-state index contributed by atoms with van der Waals surface area (Å²) >= 11 is 0. The number of hydrogen-bond donors (Lipinski definition) is 3. The molecule has 1 unspecified atom stereocenters. The van der Waals surface area contributed by atoms with Gasteiger partial charge in [0.15, 0.2) is 6.10 Å². The highest BCUT2D eigenvalue weighted by atomic mass is 16.6. The molecule has 47 heavy (non-hydrogen) atoms. The van der Waals surface area contributed by atoms with Crippen LogP contribution < -0.4 is 0 Å². The van der Waals surface area contributed by atoms with Gasteiger partial charge in [0.2, 0.25) is 0 Å². The van der Waals surface area contributed by atoms with Crippen molar-refractivity contribution in [2.45, 2.75) is 148 Å².